The number of pyridine rings is 1. The molecule has 4 heteroatoms. The summed E-state index contributed by atoms with van der Waals surface area (Å²) in [6.07, 6.45) is 2.40. The number of halogens is 1. The van der Waals surface area contributed by atoms with Crippen LogP contribution in [-0.4, -0.2) is 17.0 Å². The minimum Gasteiger partial charge on any atom is -0.312 e. The highest BCUT2D eigenvalue weighted by atomic mass is 19.1. The van der Waals surface area contributed by atoms with Gasteiger partial charge in [-0.15, -0.1) is 0 Å². The number of rotatable bonds is 3. The molecule has 0 aliphatic heterocycles. The van der Waals surface area contributed by atoms with Crippen LogP contribution in [0.15, 0.2) is 16.9 Å². The van der Waals surface area contributed by atoms with Crippen LogP contribution in [0.2, 0.25) is 0 Å². The Morgan fingerprint density at radius 3 is 2.81 bits per heavy atom. The molecule has 1 heterocycles. The minimum atomic E-state index is -0.440. The van der Waals surface area contributed by atoms with Crippen LogP contribution in [0.3, 0.4) is 0 Å². The summed E-state index contributed by atoms with van der Waals surface area (Å²) >= 11 is 0. The number of Topliss-reactive ketones (excluding diaryl/α,β-unsaturated/α-hetero) is 1. The summed E-state index contributed by atoms with van der Waals surface area (Å²) in [6.45, 7) is -0.0736. The van der Waals surface area contributed by atoms with Gasteiger partial charge in [0.25, 0.3) is 5.56 Å². The third-order valence-corrected chi connectivity index (χ3v) is 2.93. The van der Waals surface area contributed by atoms with E-state index < -0.39 is 6.67 Å². The smallest absolute Gasteiger partial charge is 0.250 e. The lowest BCUT2D eigenvalue weighted by Crippen LogP contribution is -2.28. The Morgan fingerprint density at radius 2 is 2.06 bits per heavy atom. The van der Waals surface area contributed by atoms with E-state index in [0.717, 1.165) is 18.5 Å². The standard InChI is InChI=1S/C12H14FNO2/c13-7-2-8-14-10-3-1-4-11(15)9(10)5-6-12(14)16/h5-6H,1-4,7-8H2. The van der Waals surface area contributed by atoms with Crippen molar-refractivity contribution >= 4 is 5.78 Å². The van der Waals surface area contributed by atoms with Gasteiger partial charge in [-0.3, -0.25) is 14.0 Å². The molecule has 0 bridgehead atoms. The number of hydrogen-bond acceptors (Lipinski definition) is 2. The number of carbonyl (C=O) groups is 1. The lowest BCUT2D eigenvalue weighted by atomic mass is 9.94. The molecule has 0 amide bonds. The lowest BCUT2D eigenvalue weighted by Gasteiger charge is -2.19. The molecule has 1 aliphatic rings. The molecule has 0 unspecified atom stereocenters. The summed E-state index contributed by atoms with van der Waals surface area (Å²) in [5.74, 6) is 0.0928. The van der Waals surface area contributed by atoms with E-state index in [1.54, 1.807) is 10.6 Å². The summed E-state index contributed by atoms with van der Waals surface area (Å²) in [6, 6.07) is 3.01. The van der Waals surface area contributed by atoms with E-state index in [0.29, 0.717) is 24.9 Å². The number of carbonyl (C=O) groups excluding carboxylic acids is 1. The van der Waals surface area contributed by atoms with Crippen LogP contribution in [0.5, 0.6) is 0 Å². The second-order valence-corrected chi connectivity index (χ2v) is 4.00. The van der Waals surface area contributed by atoms with Gasteiger partial charge in [0.05, 0.1) is 6.67 Å². The summed E-state index contributed by atoms with van der Waals surface area (Å²) < 4.78 is 13.7. The number of aromatic nitrogens is 1. The predicted octanol–water partition coefficient (Wildman–Crippen LogP) is 1.73. The molecule has 1 aromatic rings. The third kappa shape index (κ3) is 1.92. The van der Waals surface area contributed by atoms with Crippen molar-refractivity contribution in [3.8, 4) is 0 Å². The van der Waals surface area contributed by atoms with Crippen molar-refractivity contribution in [2.45, 2.75) is 32.2 Å². The topological polar surface area (TPSA) is 39.1 Å². The minimum absolute atomic E-state index is 0.0928. The Morgan fingerprint density at radius 1 is 1.25 bits per heavy atom. The van der Waals surface area contributed by atoms with Gasteiger partial charge in [-0.25, -0.2) is 0 Å². The van der Waals surface area contributed by atoms with E-state index in [4.69, 9.17) is 0 Å². The first-order valence-electron chi connectivity index (χ1n) is 5.56. The van der Waals surface area contributed by atoms with Crippen molar-refractivity contribution < 1.29 is 9.18 Å². The Kier molecular flexibility index (Phi) is 3.17. The first-order chi connectivity index (χ1) is 7.74. The zero-order valence-corrected chi connectivity index (χ0v) is 9.04. The molecule has 0 N–H and O–H groups in total. The van der Waals surface area contributed by atoms with Crippen LogP contribution in [0.1, 0.15) is 35.3 Å². The molecular formula is C12H14FNO2. The largest absolute Gasteiger partial charge is 0.312 e. The molecule has 0 radical (unpaired) electrons. The quantitative estimate of drug-likeness (QED) is 0.782. The van der Waals surface area contributed by atoms with Crippen molar-refractivity contribution in [3.63, 3.8) is 0 Å². The number of ketones is 1. The first-order valence-corrected chi connectivity index (χ1v) is 5.56. The Hall–Kier alpha value is -1.45. The zero-order chi connectivity index (χ0) is 11.5. The molecule has 2 rings (SSSR count). The molecule has 16 heavy (non-hydrogen) atoms. The molecule has 3 nitrogen and oxygen atoms in total. The third-order valence-electron chi connectivity index (χ3n) is 2.93. The van der Waals surface area contributed by atoms with E-state index in [-0.39, 0.29) is 11.3 Å². The van der Waals surface area contributed by atoms with Gasteiger partial charge in [0.1, 0.15) is 0 Å². The van der Waals surface area contributed by atoms with Gasteiger partial charge >= 0.3 is 0 Å². The molecule has 1 aromatic heterocycles. The van der Waals surface area contributed by atoms with E-state index in [1.807, 2.05) is 0 Å². The van der Waals surface area contributed by atoms with Gasteiger partial charge in [0, 0.05) is 30.3 Å². The SMILES string of the molecule is O=C1CCCc2c1ccc(=O)n2CCCF. The lowest BCUT2D eigenvalue weighted by molar-refractivity contribution is 0.0970. The molecule has 0 saturated heterocycles. The average molecular weight is 223 g/mol. The summed E-state index contributed by atoms with van der Waals surface area (Å²) in [4.78, 5) is 23.3. The normalized spacial score (nSPS) is 14.9. The van der Waals surface area contributed by atoms with Gasteiger partial charge in [-0.1, -0.05) is 0 Å². The van der Waals surface area contributed by atoms with Crippen molar-refractivity contribution in [1.82, 2.24) is 4.57 Å². The molecular weight excluding hydrogens is 209 g/mol. The zero-order valence-electron chi connectivity index (χ0n) is 9.04. The predicted molar refractivity (Wildman–Crippen MR) is 58.6 cm³/mol. The van der Waals surface area contributed by atoms with Gasteiger partial charge in [-0.2, -0.15) is 0 Å². The maximum Gasteiger partial charge on any atom is 0.250 e. The van der Waals surface area contributed by atoms with Crippen LogP contribution in [0.4, 0.5) is 4.39 Å². The first kappa shape index (κ1) is 11.0. The molecule has 0 saturated carbocycles. The van der Waals surface area contributed by atoms with E-state index >= 15 is 0 Å². The Balaban J connectivity index is 2.46. The van der Waals surface area contributed by atoms with Crippen LogP contribution in [0, 0.1) is 0 Å². The summed E-state index contributed by atoms with van der Waals surface area (Å²) in [5, 5.41) is 0. The molecule has 0 spiro atoms. The van der Waals surface area contributed by atoms with Crippen molar-refractivity contribution in [3.05, 3.63) is 33.7 Å². The molecule has 0 aromatic carbocycles. The highest BCUT2D eigenvalue weighted by molar-refractivity contribution is 5.97. The highest BCUT2D eigenvalue weighted by Gasteiger charge is 2.20. The fraction of sp³-hybridized carbons (Fsp3) is 0.500. The highest BCUT2D eigenvalue weighted by Crippen LogP contribution is 2.19. The Labute approximate surface area is 92.9 Å². The van der Waals surface area contributed by atoms with Crippen molar-refractivity contribution in [2.24, 2.45) is 0 Å². The maximum absolute atomic E-state index is 12.1. The molecule has 0 atom stereocenters. The van der Waals surface area contributed by atoms with E-state index in [2.05, 4.69) is 0 Å². The van der Waals surface area contributed by atoms with Gasteiger partial charge in [-0.05, 0) is 25.3 Å². The van der Waals surface area contributed by atoms with Crippen LogP contribution < -0.4 is 5.56 Å². The van der Waals surface area contributed by atoms with Gasteiger partial charge < -0.3 is 4.57 Å². The van der Waals surface area contributed by atoms with Crippen LogP contribution in [0.25, 0.3) is 0 Å². The van der Waals surface area contributed by atoms with E-state index in [1.165, 1.54) is 6.07 Å². The Bertz CT molecular complexity index is 465. The van der Waals surface area contributed by atoms with Gasteiger partial charge in [0.15, 0.2) is 5.78 Å². The molecule has 0 fully saturated rings. The van der Waals surface area contributed by atoms with Crippen LogP contribution in [-0.2, 0) is 13.0 Å². The maximum atomic E-state index is 12.1. The number of fused-ring (bicyclic) bond motifs is 1. The molecule has 1 aliphatic carbocycles. The molecule has 86 valence electrons. The summed E-state index contributed by atoms with van der Waals surface area (Å²) in [7, 11) is 0. The second-order valence-electron chi connectivity index (χ2n) is 4.00. The number of nitrogens with zero attached hydrogens (tertiary/aromatic N) is 1. The number of hydrogen-bond donors (Lipinski definition) is 0. The van der Waals surface area contributed by atoms with E-state index in [9.17, 15) is 14.0 Å². The fourth-order valence-corrected chi connectivity index (χ4v) is 2.16. The van der Waals surface area contributed by atoms with Crippen LogP contribution >= 0.6 is 0 Å². The average Bonchev–Trinajstić information content (AvgIpc) is 2.28. The second kappa shape index (κ2) is 4.60. The monoisotopic (exact) mass is 223 g/mol. The van der Waals surface area contributed by atoms with Crippen molar-refractivity contribution in [2.75, 3.05) is 6.67 Å². The fourth-order valence-electron chi connectivity index (χ4n) is 2.16. The van der Waals surface area contributed by atoms with Crippen molar-refractivity contribution in [1.29, 1.82) is 0 Å². The van der Waals surface area contributed by atoms with Gasteiger partial charge in [0.2, 0.25) is 0 Å². The number of alkyl halides is 1. The summed E-state index contributed by atoms with van der Waals surface area (Å²) in [5.41, 5.74) is 1.30.